The second kappa shape index (κ2) is 7.22. The van der Waals surface area contributed by atoms with E-state index in [1.54, 1.807) is 0 Å². The number of hydrogen-bond donors (Lipinski definition) is 2. The van der Waals surface area contributed by atoms with Crippen molar-refractivity contribution in [1.29, 1.82) is 0 Å². The van der Waals surface area contributed by atoms with E-state index in [0.717, 1.165) is 33.5 Å². The van der Waals surface area contributed by atoms with Crippen LogP contribution in [0.4, 0.5) is 0 Å². The molecule has 1 aliphatic rings. The van der Waals surface area contributed by atoms with Crippen LogP contribution in [0, 0.1) is 0 Å². The molecular weight excluding hydrogens is 328 g/mol. The Morgan fingerprint density at radius 2 is 2.00 bits per heavy atom. The van der Waals surface area contributed by atoms with Crippen LogP contribution in [0.2, 0.25) is 0 Å². The third-order valence-electron chi connectivity index (χ3n) is 4.72. The summed E-state index contributed by atoms with van der Waals surface area (Å²) in [6, 6.07) is 15.8. The lowest BCUT2D eigenvalue weighted by Crippen LogP contribution is -2.42. The van der Waals surface area contributed by atoms with Crippen LogP contribution in [0.25, 0.3) is 10.9 Å². The number of fused-ring (bicyclic) bond motifs is 3. The molecule has 26 heavy (non-hydrogen) atoms. The number of H-pyrrole nitrogens is 1. The molecule has 5 heteroatoms. The topological polar surface area (TPSA) is 63.4 Å². The van der Waals surface area contributed by atoms with E-state index in [4.69, 9.17) is 9.47 Å². The Hall–Kier alpha value is -2.79. The molecule has 0 radical (unpaired) electrons. The van der Waals surface area contributed by atoms with Crippen molar-refractivity contribution in [3.8, 4) is 5.75 Å². The predicted molar refractivity (Wildman–Crippen MR) is 100 cm³/mol. The molecule has 1 unspecified atom stereocenters. The summed E-state index contributed by atoms with van der Waals surface area (Å²) in [5.74, 6) is 0.642. The highest BCUT2D eigenvalue weighted by molar-refractivity contribution is 5.91. The normalized spacial score (nSPS) is 16.3. The number of nitrogens with one attached hydrogen (secondary N) is 2. The van der Waals surface area contributed by atoms with Crippen LogP contribution in [-0.2, 0) is 29.1 Å². The largest absolute Gasteiger partial charge is 0.488 e. The van der Waals surface area contributed by atoms with Gasteiger partial charge in [-0.25, -0.2) is 0 Å². The fourth-order valence-electron chi connectivity index (χ4n) is 3.48. The molecule has 1 atom stereocenters. The second-order valence-corrected chi connectivity index (χ2v) is 6.42. The monoisotopic (exact) mass is 350 g/mol. The zero-order chi connectivity index (χ0) is 17.9. The van der Waals surface area contributed by atoms with Crippen molar-refractivity contribution in [3.05, 3.63) is 65.4 Å². The molecule has 3 aromatic rings. The Bertz CT molecular complexity index is 918. The van der Waals surface area contributed by atoms with Gasteiger partial charge in [0.1, 0.15) is 18.4 Å². The van der Waals surface area contributed by atoms with Crippen molar-refractivity contribution in [2.45, 2.75) is 32.5 Å². The van der Waals surface area contributed by atoms with Gasteiger partial charge in [0.25, 0.3) is 0 Å². The average Bonchev–Trinajstić information content (AvgIpc) is 3.05. The van der Waals surface area contributed by atoms with Crippen LogP contribution in [0.1, 0.15) is 23.7 Å². The van der Waals surface area contributed by atoms with Gasteiger partial charge < -0.3 is 14.5 Å². The van der Waals surface area contributed by atoms with Crippen LogP contribution in [-0.4, -0.2) is 23.6 Å². The summed E-state index contributed by atoms with van der Waals surface area (Å²) in [5.41, 5.74) is 4.41. The van der Waals surface area contributed by atoms with Gasteiger partial charge in [0.15, 0.2) is 0 Å². The minimum Gasteiger partial charge on any atom is -0.488 e. The highest BCUT2D eigenvalue weighted by Crippen LogP contribution is 2.34. The third kappa shape index (κ3) is 3.18. The first-order valence-electron chi connectivity index (χ1n) is 8.95. The number of hydrogen-bond acceptors (Lipinski definition) is 4. The molecular formula is C21H22N2O3. The second-order valence-electron chi connectivity index (χ2n) is 6.42. The van der Waals surface area contributed by atoms with E-state index in [1.807, 2.05) is 55.5 Å². The lowest BCUT2D eigenvalue weighted by molar-refractivity contribution is -0.145. The Balaban J connectivity index is 1.64. The zero-order valence-electron chi connectivity index (χ0n) is 14.7. The van der Waals surface area contributed by atoms with Crippen LogP contribution < -0.4 is 10.1 Å². The number of rotatable bonds is 5. The molecule has 4 rings (SSSR count). The van der Waals surface area contributed by atoms with Crippen molar-refractivity contribution in [2.24, 2.45) is 0 Å². The van der Waals surface area contributed by atoms with Gasteiger partial charge in [0.2, 0.25) is 0 Å². The molecule has 0 fully saturated rings. The van der Waals surface area contributed by atoms with Crippen LogP contribution in [0.5, 0.6) is 5.75 Å². The standard InChI is InChI=1S/C21H22N2O3/c1-2-25-21(24)17-11-15-18(12-22-17)23-16-9-6-10-19(20(15)16)26-13-14-7-4-3-5-8-14/h3-10,17,22-23H,2,11-13H2,1H3. The lowest BCUT2D eigenvalue weighted by Gasteiger charge is -2.22. The maximum Gasteiger partial charge on any atom is 0.323 e. The molecule has 0 saturated heterocycles. The zero-order valence-corrected chi connectivity index (χ0v) is 14.7. The molecule has 0 saturated carbocycles. The van der Waals surface area contributed by atoms with Gasteiger partial charge in [-0.2, -0.15) is 0 Å². The molecule has 0 bridgehead atoms. The summed E-state index contributed by atoms with van der Waals surface area (Å²) in [4.78, 5) is 15.6. The maximum atomic E-state index is 12.1. The molecule has 0 aliphatic carbocycles. The fraction of sp³-hybridized carbons (Fsp3) is 0.286. The van der Waals surface area contributed by atoms with Crippen molar-refractivity contribution in [3.63, 3.8) is 0 Å². The average molecular weight is 350 g/mol. The van der Waals surface area contributed by atoms with E-state index in [0.29, 0.717) is 26.2 Å². The number of aromatic amines is 1. The number of ether oxygens (including phenoxy) is 2. The molecule has 2 aromatic carbocycles. The van der Waals surface area contributed by atoms with Gasteiger partial charge >= 0.3 is 5.97 Å². The van der Waals surface area contributed by atoms with E-state index in [9.17, 15) is 4.79 Å². The van der Waals surface area contributed by atoms with E-state index in [1.165, 1.54) is 0 Å². The molecule has 1 aliphatic heterocycles. The van der Waals surface area contributed by atoms with Gasteiger partial charge in [-0.1, -0.05) is 36.4 Å². The van der Waals surface area contributed by atoms with E-state index in [-0.39, 0.29) is 12.0 Å². The van der Waals surface area contributed by atoms with Crippen molar-refractivity contribution < 1.29 is 14.3 Å². The fourth-order valence-corrected chi connectivity index (χ4v) is 3.48. The summed E-state index contributed by atoms with van der Waals surface area (Å²) >= 11 is 0. The number of esters is 1. The highest BCUT2D eigenvalue weighted by Gasteiger charge is 2.28. The predicted octanol–water partition coefficient (Wildman–Crippen LogP) is 3.32. The Labute approximate surface area is 152 Å². The van der Waals surface area contributed by atoms with E-state index in [2.05, 4.69) is 10.3 Å². The number of aromatic nitrogens is 1. The van der Waals surface area contributed by atoms with E-state index < -0.39 is 0 Å². The Morgan fingerprint density at radius 1 is 1.15 bits per heavy atom. The smallest absolute Gasteiger partial charge is 0.323 e. The van der Waals surface area contributed by atoms with Crippen molar-refractivity contribution >= 4 is 16.9 Å². The quantitative estimate of drug-likeness (QED) is 0.693. The molecule has 2 N–H and O–H groups in total. The molecule has 134 valence electrons. The molecule has 5 nitrogen and oxygen atoms in total. The SMILES string of the molecule is CCOC(=O)C1Cc2c([nH]c3cccc(OCc4ccccc4)c23)CN1. The molecule has 0 spiro atoms. The first kappa shape index (κ1) is 16.7. The molecule has 2 heterocycles. The van der Waals surface area contributed by atoms with Gasteiger partial charge in [-0.05, 0) is 30.2 Å². The first-order valence-corrected chi connectivity index (χ1v) is 8.95. The number of carbonyl (C=O) groups is 1. The van der Waals surface area contributed by atoms with Crippen molar-refractivity contribution in [2.75, 3.05) is 6.61 Å². The third-order valence-corrected chi connectivity index (χ3v) is 4.72. The van der Waals surface area contributed by atoms with Crippen molar-refractivity contribution in [1.82, 2.24) is 10.3 Å². The number of carbonyl (C=O) groups excluding carboxylic acids is 1. The maximum absolute atomic E-state index is 12.1. The lowest BCUT2D eigenvalue weighted by atomic mass is 9.98. The Kier molecular flexibility index (Phi) is 4.63. The van der Waals surface area contributed by atoms with Gasteiger partial charge in [0, 0.05) is 29.6 Å². The minimum absolute atomic E-state index is 0.199. The summed E-state index contributed by atoms with van der Waals surface area (Å²) in [5, 5.41) is 4.32. The summed E-state index contributed by atoms with van der Waals surface area (Å²) in [6.07, 6.45) is 0.597. The van der Waals surface area contributed by atoms with Gasteiger partial charge in [-0.3, -0.25) is 10.1 Å². The Morgan fingerprint density at radius 3 is 2.81 bits per heavy atom. The van der Waals surface area contributed by atoms with Crippen LogP contribution in [0.15, 0.2) is 48.5 Å². The summed E-state index contributed by atoms with van der Waals surface area (Å²) in [7, 11) is 0. The molecule has 0 amide bonds. The summed E-state index contributed by atoms with van der Waals surface area (Å²) in [6.45, 7) is 3.35. The number of benzene rings is 2. The first-order chi connectivity index (χ1) is 12.8. The van der Waals surface area contributed by atoms with Crippen LogP contribution in [0.3, 0.4) is 0 Å². The van der Waals surface area contributed by atoms with Crippen LogP contribution >= 0.6 is 0 Å². The van der Waals surface area contributed by atoms with Gasteiger partial charge in [0.05, 0.1) is 6.61 Å². The minimum atomic E-state index is -0.316. The summed E-state index contributed by atoms with van der Waals surface area (Å²) < 4.78 is 11.3. The highest BCUT2D eigenvalue weighted by atomic mass is 16.5. The molecule has 1 aromatic heterocycles. The van der Waals surface area contributed by atoms with E-state index >= 15 is 0 Å². The van der Waals surface area contributed by atoms with Gasteiger partial charge in [-0.15, -0.1) is 0 Å².